The number of rotatable bonds is 8. The molecule has 0 fully saturated rings. The Morgan fingerprint density at radius 3 is 2.54 bits per heavy atom. The first-order valence-electron chi connectivity index (χ1n) is 15.0. The van der Waals surface area contributed by atoms with Gasteiger partial charge in [0.15, 0.2) is 0 Å². The van der Waals surface area contributed by atoms with Gasteiger partial charge in [-0.2, -0.15) is 0 Å². The van der Waals surface area contributed by atoms with Gasteiger partial charge >= 0.3 is 6.09 Å². The van der Waals surface area contributed by atoms with Gasteiger partial charge in [0.05, 0.1) is 18.3 Å². The predicted octanol–water partition coefficient (Wildman–Crippen LogP) is 4.20. The fourth-order valence-electron chi connectivity index (χ4n) is 5.36. The highest BCUT2D eigenvalue weighted by Crippen LogP contribution is 2.34. The van der Waals surface area contributed by atoms with Gasteiger partial charge < -0.3 is 24.7 Å². The van der Waals surface area contributed by atoms with Gasteiger partial charge in [0, 0.05) is 49.5 Å². The summed E-state index contributed by atoms with van der Waals surface area (Å²) in [6.45, 7) is 5.45. The lowest BCUT2D eigenvalue weighted by Crippen LogP contribution is -2.37. The highest BCUT2D eigenvalue weighted by Gasteiger charge is 2.38. The number of ether oxygens (including phenoxy) is 2. The zero-order chi connectivity index (χ0) is 34.2. The maximum Gasteiger partial charge on any atom is 0.413 e. The summed E-state index contributed by atoms with van der Waals surface area (Å²) in [7, 11) is 3.31. The van der Waals surface area contributed by atoms with E-state index in [1.54, 1.807) is 33.0 Å². The number of pyridine rings is 1. The number of nitrogens with zero attached hydrogens (tertiary/aromatic N) is 6. The van der Waals surface area contributed by atoms with E-state index < -0.39 is 41.2 Å². The molecule has 0 spiro atoms. The normalized spacial score (nSPS) is 15.6. The van der Waals surface area contributed by atoms with Crippen LogP contribution in [0.2, 0.25) is 0 Å². The van der Waals surface area contributed by atoms with Crippen molar-refractivity contribution >= 4 is 51.7 Å². The SMILES string of the molecule is CO[C@@H]1C[C@@H](C(=O)NCc2cc3cnc(NC(=O)OC(C)(C)C)cc3n2C)n2c1ncc(NC(=O)c1nnc(-c3ccccc3)s1)c2=O. The lowest BCUT2D eigenvalue weighted by molar-refractivity contribution is -0.124. The number of amides is 3. The van der Waals surface area contributed by atoms with E-state index in [1.807, 2.05) is 48.0 Å². The van der Waals surface area contributed by atoms with Crippen LogP contribution in [0.4, 0.5) is 16.3 Å². The fourth-order valence-corrected chi connectivity index (χ4v) is 6.11. The molecule has 5 heterocycles. The number of fused-ring (bicyclic) bond motifs is 2. The maximum absolute atomic E-state index is 13.7. The molecule has 2 atom stereocenters. The molecule has 3 N–H and O–H groups in total. The molecule has 16 heteroatoms. The summed E-state index contributed by atoms with van der Waals surface area (Å²) in [5.41, 5.74) is 0.991. The van der Waals surface area contributed by atoms with Crippen LogP contribution in [0.5, 0.6) is 0 Å². The van der Waals surface area contributed by atoms with Gasteiger partial charge in [0.1, 0.15) is 40.1 Å². The Bertz CT molecular complexity index is 2080. The molecule has 0 saturated heterocycles. The number of nitrogens with one attached hydrogen (secondary N) is 3. The monoisotopic (exact) mass is 671 g/mol. The highest BCUT2D eigenvalue weighted by atomic mass is 32.1. The first-order chi connectivity index (χ1) is 22.9. The van der Waals surface area contributed by atoms with Crippen LogP contribution in [0.1, 0.15) is 60.7 Å². The topological polar surface area (TPSA) is 184 Å². The Hall–Kier alpha value is -5.48. The van der Waals surface area contributed by atoms with E-state index in [1.165, 1.54) is 17.9 Å². The van der Waals surface area contributed by atoms with E-state index >= 15 is 0 Å². The zero-order valence-corrected chi connectivity index (χ0v) is 27.6. The van der Waals surface area contributed by atoms with E-state index in [-0.39, 0.29) is 29.5 Å². The number of carbonyl (C=O) groups is 3. The van der Waals surface area contributed by atoms with Crippen molar-refractivity contribution in [1.29, 1.82) is 0 Å². The molecule has 15 nitrogen and oxygen atoms in total. The summed E-state index contributed by atoms with van der Waals surface area (Å²) in [5, 5.41) is 17.6. The van der Waals surface area contributed by atoms with Crippen LogP contribution in [-0.2, 0) is 27.9 Å². The van der Waals surface area contributed by atoms with Gasteiger partial charge in [-0.05, 0) is 26.8 Å². The average Bonchev–Trinajstić information content (AvgIpc) is 3.77. The molecule has 5 aromatic rings. The summed E-state index contributed by atoms with van der Waals surface area (Å²) in [6.07, 6.45) is 1.83. The third-order valence-electron chi connectivity index (χ3n) is 7.63. The van der Waals surface area contributed by atoms with Gasteiger partial charge in [-0.25, -0.2) is 14.8 Å². The van der Waals surface area contributed by atoms with E-state index in [9.17, 15) is 19.2 Å². The number of methoxy groups -OCH3 is 1. The molecule has 1 aliphatic heterocycles. The minimum Gasteiger partial charge on any atom is -0.444 e. The summed E-state index contributed by atoms with van der Waals surface area (Å²) in [5.74, 6) is -0.440. The van der Waals surface area contributed by atoms with Crippen molar-refractivity contribution in [1.82, 2.24) is 34.6 Å². The van der Waals surface area contributed by atoms with Crippen molar-refractivity contribution in [2.24, 2.45) is 7.05 Å². The second-order valence-corrected chi connectivity index (χ2v) is 13.1. The zero-order valence-electron chi connectivity index (χ0n) is 26.8. The van der Waals surface area contributed by atoms with E-state index in [2.05, 4.69) is 36.1 Å². The lowest BCUT2D eigenvalue weighted by atomic mass is 10.1. The second-order valence-electron chi connectivity index (χ2n) is 12.1. The summed E-state index contributed by atoms with van der Waals surface area (Å²) in [4.78, 5) is 61.1. The fraction of sp³-hybridized carbons (Fsp3) is 0.312. The Kier molecular flexibility index (Phi) is 8.77. The van der Waals surface area contributed by atoms with Crippen LogP contribution in [0.3, 0.4) is 0 Å². The third kappa shape index (κ3) is 6.65. The molecule has 3 amide bonds. The number of anilines is 2. The lowest BCUT2D eigenvalue weighted by Gasteiger charge is -2.19. The van der Waals surface area contributed by atoms with E-state index in [0.29, 0.717) is 10.8 Å². The molecule has 48 heavy (non-hydrogen) atoms. The molecule has 0 bridgehead atoms. The van der Waals surface area contributed by atoms with E-state index in [4.69, 9.17) is 9.47 Å². The molecule has 0 aliphatic carbocycles. The standard InChI is InChI=1S/C32H33N9O6S/c1-32(2,3)47-31(45)37-24-13-21-18(14-33-24)11-19(40(21)4)15-35-26(42)22-12-23(46-5)25-34-16-20(30(44)41(22)25)36-27(43)29-39-38-28(48-29)17-9-7-6-8-10-17/h6-11,13-14,16,22-23H,12,15H2,1-5H3,(H,35,42)(H,36,43)(H,33,37,45)/t22-,23+/m0/s1. The smallest absolute Gasteiger partial charge is 0.413 e. The van der Waals surface area contributed by atoms with Crippen molar-refractivity contribution < 1.29 is 23.9 Å². The van der Waals surface area contributed by atoms with Gasteiger partial charge in [0.2, 0.25) is 10.9 Å². The molecule has 6 rings (SSSR count). The summed E-state index contributed by atoms with van der Waals surface area (Å²) >= 11 is 1.09. The molecule has 248 valence electrons. The summed E-state index contributed by atoms with van der Waals surface area (Å²) in [6, 6.07) is 12.0. The molecule has 0 unspecified atom stereocenters. The predicted molar refractivity (Wildman–Crippen MR) is 178 cm³/mol. The van der Waals surface area contributed by atoms with Crippen molar-refractivity contribution in [3.05, 3.63) is 81.7 Å². The van der Waals surface area contributed by atoms with Crippen LogP contribution in [-0.4, -0.2) is 59.9 Å². The van der Waals surface area contributed by atoms with Crippen molar-refractivity contribution in [2.75, 3.05) is 17.7 Å². The largest absolute Gasteiger partial charge is 0.444 e. The summed E-state index contributed by atoms with van der Waals surface area (Å²) < 4.78 is 14.0. The van der Waals surface area contributed by atoms with Crippen molar-refractivity contribution in [3.63, 3.8) is 0 Å². The Morgan fingerprint density at radius 2 is 1.81 bits per heavy atom. The number of hydrogen-bond donors (Lipinski definition) is 3. The second kappa shape index (κ2) is 13.0. The molecular formula is C32H33N9O6S. The maximum atomic E-state index is 13.7. The molecule has 0 radical (unpaired) electrons. The van der Waals surface area contributed by atoms with Gasteiger partial charge in [-0.1, -0.05) is 41.7 Å². The number of aromatic nitrogens is 6. The number of carbonyl (C=O) groups excluding carboxylic acids is 3. The van der Waals surface area contributed by atoms with Crippen molar-refractivity contribution in [3.8, 4) is 10.6 Å². The number of hydrogen-bond acceptors (Lipinski definition) is 11. The van der Waals surface area contributed by atoms with Crippen LogP contribution >= 0.6 is 11.3 Å². The molecule has 0 saturated carbocycles. The molecule has 1 aliphatic rings. The average molecular weight is 672 g/mol. The van der Waals surface area contributed by atoms with Crippen LogP contribution < -0.4 is 21.5 Å². The van der Waals surface area contributed by atoms with Crippen LogP contribution in [0.15, 0.2) is 59.7 Å². The quantitative estimate of drug-likeness (QED) is 0.216. The Morgan fingerprint density at radius 1 is 1.04 bits per heavy atom. The molecule has 4 aromatic heterocycles. The Labute approximate surface area is 278 Å². The number of aryl methyl sites for hydroxylation is 1. The highest BCUT2D eigenvalue weighted by molar-refractivity contribution is 7.16. The third-order valence-corrected chi connectivity index (χ3v) is 8.60. The van der Waals surface area contributed by atoms with Crippen LogP contribution in [0.25, 0.3) is 21.5 Å². The minimum atomic E-state index is -0.936. The van der Waals surface area contributed by atoms with Gasteiger partial charge in [-0.15, -0.1) is 10.2 Å². The van der Waals surface area contributed by atoms with Gasteiger partial charge in [-0.3, -0.25) is 24.3 Å². The van der Waals surface area contributed by atoms with Crippen LogP contribution in [0, 0.1) is 0 Å². The van der Waals surface area contributed by atoms with Gasteiger partial charge in [0.25, 0.3) is 11.5 Å². The first-order valence-corrected chi connectivity index (χ1v) is 15.8. The van der Waals surface area contributed by atoms with Crippen molar-refractivity contribution in [2.45, 2.75) is 51.5 Å². The number of benzene rings is 1. The molecular weight excluding hydrogens is 638 g/mol. The van der Waals surface area contributed by atoms with E-state index in [0.717, 1.165) is 33.5 Å². The Balaban J connectivity index is 1.17. The first kappa shape index (κ1) is 32.5. The minimum absolute atomic E-state index is 0.0701. The molecule has 1 aromatic carbocycles.